The molecule has 0 aliphatic carbocycles. The van der Waals surface area contributed by atoms with Gasteiger partial charge in [-0.05, 0) is 29.8 Å². The molecule has 0 fully saturated rings. The average Bonchev–Trinajstić information content (AvgIpc) is 2.53. The lowest BCUT2D eigenvalue weighted by atomic mass is 10.1. The highest BCUT2D eigenvalue weighted by Crippen LogP contribution is 2.17. The fourth-order valence-corrected chi connectivity index (χ4v) is 2.21. The van der Waals surface area contributed by atoms with Crippen LogP contribution < -0.4 is 5.49 Å². The molecule has 1 aromatic heterocycles. The van der Waals surface area contributed by atoms with Crippen molar-refractivity contribution in [3.63, 3.8) is 0 Å². The summed E-state index contributed by atoms with van der Waals surface area (Å²) in [4.78, 5) is 4.44. The molecule has 3 aromatic rings. The zero-order valence-corrected chi connectivity index (χ0v) is 11.7. The van der Waals surface area contributed by atoms with Crippen LogP contribution in [0, 0.1) is 11.2 Å². The third kappa shape index (κ3) is 2.88. The van der Waals surface area contributed by atoms with E-state index in [1.54, 1.807) is 12.1 Å². The standard InChI is InChI=1S/C17H14FN3O/c18-14-8-6-13(7-9-14)16-11-21(22)17(19)15(20-16)10-12-4-2-1-3-5-12/h1-9,11,19,22H,10H2. The van der Waals surface area contributed by atoms with Crippen LogP contribution in [0.4, 0.5) is 4.39 Å². The lowest BCUT2D eigenvalue weighted by Crippen LogP contribution is -2.24. The monoisotopic (exact) mass is 295 g/mol. The van der Waals surface area contributed by atoms with E-state index in [1.807, 2.05) is 30.3 Å². The van der Waals surface area contributed by atoms with E-state index in [9.17, 15) is 9.60 Å². The molecule has 1 heterocycles. The van der Waals surface area contributed by atoms with Gasteiger partial charge in [-0.1, -0.05) is 30.3 Å². The van der Waals surface area contributed by atoms with E-state index in [0.717, 1.165) is 10.3 Å². The van der Waals surface area contributed by atoms with Crippen molar-refractivity contribution in [3.8, 4) is 11.3 Å². The van der Waals surface area contributed by atoms with Gasteiger partial charge in [-0.2, -0.15) is 4.73 Å². The highest BCUT2D eigenvalue weighted by atomic mass is 19.1. The molecule has 22 heavy (non-hydrogen) atoms. The maximum Gasteiger partial charge on any atom is 0.182 e. The Bertz CT molecular complexity index is 842. The number of rotatable bonds is 3. The van der Waals surface area contributed by atoms with Crippen LogP contribution in [0.5, 0.6) is 0 Å². The summed E-state index contributed by atoms with van der Waals surface area (Å²) in [5.41, 5.74) is 2.56. The minimum absolute atomic E-state index is 0.0604. The first kappa shape index (κ1) is 14.0. The van der Waals surface area contributed by atoms with E-state index >= 15 is 0 Å². The molecular formula is C17H14FN3O. The van der Waals surface area contributed by atoms with Gasteiger partial charge in [0.25, 0.3) is 0 Å². The van der Waals surface area contributed by atoms with E-state index in [1.165, 1.54) is 18.3 Å². The quantitative estimate of drug-likeness (QED) is 0.730. The molecule has 0 bridgehead atoms. The topological polar surface area (TPSA) is 61.9 Å². The van der Waals surface area contributed by atoms with Gasteiger partial charge in [-0.15, -0.1) is 0 Å². The second kappa shape index (κ2) is 5.81. The Morgan fingerprint density at radius 2 is 1.73 bits per heavy atom. The predicted octanol–water partition coefficient (Wildman–Crippen LogP) is 3.00. The Morgan fingerprint density at radius 1 is 1.05 bits per heavy atom. The zero-order valence-electron chi connectivity index (χ0n) is 11.7. The van der Waals surface area contributed by atoms with E-state index in [0.29, 0.717) is 23.4 Å². The van der Waals surface area contributed by atoms with Crippen molar-refractivity contribution in [2.75, 3.05) is 0 Å². The van der Waals surface area contributed by atoms with Gasteiger partial charge in [0.05, 0.1) is 17.6 Å². The molecule has 0 spiro atoms. The molecule has 0 radical (unpaired) electrons. The van der Waals surface area contributed by atoms with E-state index in [2.05, 4.69) is 4.98 Å². The first-order valence-electron chi connectivity index (χ1n) is 6.80. The summed E-state index contributed by atoms with van der Waals surface area (Å²) in [5, 5.41) is 17.8. The second-order valence-corrected chi connectivity index (χ2v) is 4.94. The molecule has 0 atom stereocenters. The van der Waals surface area contributed by atoms with Gasteiger partial charge in [-0.3, -0.25) is 5.41 Å². The maximum absolute atomic E-state index is 13.0. The number of hydrogen-bond donors (Lipinski definition) is 2. The fourth-order valence-electron chi connectivity index (χ4n) is 2.21. The number of aromatic nitrogens is 2. The third-order valence-electron chi connectivity index (χ3n) is 3.36. The minimum atomic E-state index is -0.331. The number of nitrogens with zero attached hydrogens (tertiary/aromatic N) is 2. The van der Waals surface area contributed by atoms with E-state index in [4.69, 9.17) is 5.41 Å². The molecule has 0 saturated heterocycles. The minimum Gasteiger partial charge on any atom is -0.427 e. The predicted molar refractivity (Wildman–Crippen MR) is 79.9 cm³/mol. The molecule has 4 nitrogen and oxygen atoms in total. The van der Waals surface area contributed by atoms with Crippen molar-refractivity contribution < 1.29 is 9.60 Å². The van der Waals surface area contributed by atoms with Crippen molar-refractivity contribution >= 4 is 0 Å². The van der Waals surface area contributed by atoms with Gasteiger partial charge in [0.2, 0.25) is 0 Å². The molecule has 2 aromatic carbocycles. The van der Waals surface area contributed by atoms with Crippen LogP contribution in [0.2, 0.25) is 0 Å². The Hall–Kier alpha value is -2.95. The number of hydrogen-bond acceptors (Lipinski definition) is 3. The Labute approximate surface area is 126 Å². The number of benzene rings is 2. The summed E-state index contributed by atoms with van der Waals surface area (Å²) in [6.45, 7) is 0. The summed E-state index contributed by atoms with van der Waals surface area (Å²) in [7, 11) is 0. The number of nitrogens with one attached hydrogen (secondary N) is 1. The zero-order chi connectivity index (χ0) is 15.5. The van der Waals surface area contributed by atoms with Crippen molar-refractivity contribution in [1.29, 1.82) is 5.41 Å². The normalized spacial score (nSPS) is 10.6. The van der Waals surface area contributed by atoms with Gasteiger partial charge in [0, 0.05) is 12.0 Å². The molecule has 0 aliphatic heterocycles. The summed E-state index contributed by atoms with van der Waals surface area (Å²) >= 11 is 0. The van der Waals surface area contributed by atoms with E-state index in [-0.39, 0.29) is 11.3 Å². The molecule has 0 unspecified atom stereocenters. The molecule has 0 aliphatic rings. The van der Waals surface area contributed by atoms with Crippen molar-refractivity contribution in [1.82, 2.24) is 9.71 Å². The molecule has 5 heteroatoms. The molecule has 2 N–H and O–H groups in total. The van der Waals surface area contributed by atoms with Crippen molar-refractivity contribution in [3.05, 3.63) is 83.4 Å². The third-order valence-corrected chi connectivity index (χ3v) is 3.36. The molecular weight excluding hydrogens is 281 g/mol. The average molecular weight is 295 g/mol. The van der Waals surface area contributed by atoms with E-state index < -0.39 is 0 Å². The summed E-state index contributed by atoms with van der Waals surface area (Å²) in [6.07, 6.45) is 1.79. The smallest absolute Gasteiger partial charge is 0.182 e. The first-order valence-corrected chi connectivity index (χ1v) is 6.80. The van der Waals surface area contributed by atoms with Gasteiger partial charge in [0.15, 0.2) is 5.49 Å². The molecule has 0 saturated carbocycles. The summed E-state index contributed by atoms with van der Waals surface area (Å²) in [5.74, 6) is -0.331. The van der Waals surface area contributed by atoms with Crippen LogP contribution in [-0.4, -0.2) is 14.9 Å². The Kier molecular flexibility index (Phi) is 3.70. The van der Waals surface area contributed by atoms with Gasteiger partial charge in [-0.25, -0.2) is 9.37 Å². The molecule has 0 amide bonds. The van der Waals surface area contributed by atoms with Crippen LogP contribution in [0.15, 0.2) is 60.8 Å². The van der Waals surface area contributed by atoms with Gasteiger partial charge < -0.3 is 5.21 Å². The number of halogens is 1. The second-order valence-electron chi connectivity index (χ2n) is 4.94. The maximum atomic E-state index is 13.0. The highest BCUT2D eigenvalue weighted by Gasteiger charge is 2.08. The SMILES string of the molecule is N=c1c(Cc2ccccc2)nc(-c2ccc(F)cc2)cn1O. The molecule has 3 rings (SSSR count). The lowest BCUT2D eigenvalue weighted by Gasteiger charge is -2.08. The van der Waals surface area contributed by atoms with Crippen LogP contribution >= 0.6 is 0 Å². The van der Waals surface area contributed by atoms with Crippen LogP contribution in [0.25, 0.3) is 11.3 Å². The van der Waals surface area contributed by atoms with Crippen LogP contribution in [0.1, 0.15) is 11.3 Å². The van der Waals surface area contributed by atoms with Gasteiger partial charge in [0.1, 0.15) is 5.82 Å². The first-order chi connectivity index (χ1) is 10.6. The van der Waals surface area contributed by atoms with Gasteiger partial charge >= 0.3 is 0 Å². The summed E-state index contributed by atoms with van der Waals surface area (Å²) in [6, 6.07) is 15.5. The lowest BCUT2D eigenvalue weighted by molar-refractivity contribution is 0.168. The Morgan fingerprint density at radius 3 is 2.41 bits per heavy atom. The highest BCUT2D eigenvalue weighted by molar-refractivity contribution is 5.58. The Balaban J connectivity index is 2.03. The van der Waals surface area contributed by atoms with Crippen molar-refractivity contribution in [2.24, 2.45) is 0 Å². The fraction of sp³-hybridized carbons (Fsp3) is 0.0588. The molecule has 110 valence electrons. The summed E-state index contributed by atoms with van der Waals surface area (Å²) < 4.78 is 13.7. The van der Waals surface area contributed by atoms with Crippen LogP contribution in [0.3, 0.4) is 0 Å². The van der Waals surface area contributed by atoms with Crippen LogP contribution in [-0.2, 0) is 6.42 Å². The van der Waals surface area contributed by atoms with Crippen molar-refractivity contribution in [2.45, 2.75) is 6.42 Å². The largest absolute Gasteiger partial charge is 0.427 e.